The number of nitrogens with one attached hydrogen (secondary N) is 1. The van der Waals surface area contributed by atoms with Gasteiger partial charge in [0.15, 0.2) is 0 Å². The van der Waals surface area contributed by atoms with Crippen molar-refractivity contribution in [3.05, 3.63) is 41.5 Å². The molecule has 5 nitrogen and oxygen atoms in total. The zero-order chi connectivity index (χ0) is 14.0. The fourth-order valence-electron chi connectivity index (χ4n) is 1.88. The number of rotatable bonds is 3. The van der Waals surface area contributed by atoms with E-state index in [4.69, 9.17) is 5.11 Å². The van der Waals surface area contributed by atoms with Crippen molar-refractivity contribution in [3.8, 4) is 5.75 Å². The highest BCUT2D eigenvalue weighted by Crippen LogP contribution is 2.27. The molecule has 2 aromatic rings. The monoisotopic (exact) mass is 259 g/mol. The number of carbonyl (C=O) groups excluding carboxylic acids is 1. The van der Waals surface area contributed by atoms with Crippen molar-refractivity contribution in [1.82, 2.24) is 5.32 Å². The summed E-state index contributed by atoms with van der Waals surface area (Å²) in [4.78, 5) is 22.6. The summed E-state index contributed by atoms with van der Waals surface area (Å²) in [6, 6.07) is 7.37. The van der Waals surface area contributed by atoms with Crippen LogP contribution in [-0.2, 0) is 0 Å². The molecule has 0 heterocycles. The first kappa shape index (κ1) is 12.9. The van der Waals surface area contributed by atoms with E-state index >= 15 is 0 Å². The van der Waals surface area contributed by atoms with Crippen molar-refractivity contribution < 1.29 is 19.8 Å². The number of carboxylic acids is 1. The molecule has 0 unspecified atom stereocenters. The van der Waals surface area contributed by atoms with Gasteiger partial charge in [0.05, 0.1) is 5.56 Å². The van der Waals surface area contributed by atoms with Crippen LogP contribution in [0.25, 0.3) is 10.8 Å². The lowest BCUT2D eigenvalue weighted by Gasteiger charge is -2.06. The Kier molecular flexibility index (Phi) is 3.37. The molecule has 0 aliphatic rings. The smallest absolute Gasteiger partial charge is 0.335 e. The minimum Gasteiger partial charge on any atom is -0.507 e. The lowest BCUT2D eigenvalue weighted by Crippen LogP contribution is -2.22. The average molecular weight is 259 g/mol. The van der Waals surface area contributed by atoms with Gasteiger partial charge >= 0.3 is 5.97 Å². The van der Waals surface area contributed by atoms with Gasteiger partial charge in [0.25, 0.3) is 5.91 Å². The Balaban J connectivity index is 2.57. The molecule has 0 spiro atoms. The van der Waals surface area contributed by atoms with E-state index in [0.29, 0.717) is 22.9 Å². The maximum absolute atomic E-state index is 11.7. The molecule has 0 aromatic heterocycles. The first-order chi connectivity index (χ1) is 9.02. The van der Waals surface area contributed by atoms with Crippen molar-refractivity contribution in [2.75, 3.05) is 6.54 Å². The van der Waals surface area contributed by atoms with Crippen LogP contribution < -0.4 is 5.32 Å². The number of fused-ring (bicyclic) bond motifs is 1. The first-order valence-electron chi connectivity index (χ1n) is 5.81. The van der Waals surface area contributed by atoms with Gasteiger partial charge in [-0.15, -0.1) is 0 Å². The summed E-state index contributed by atoms with van der Waals surface area (Å²) < 4.78 is 0. The Morgan fingerprint density at radius 1 is 1.16 bits per heavy atom. The topological polar surface area (TPSA) is 86.6 Å². The van der Waals surface area contributed by atoms with Crippen LogP contribution in [0.3, 0.4) is 0 Å². The van der Waals surface area contributed by atoms with Gasteiger partial charge in [-0.1, -0.05) is 0 Å². The lowest BCUT2D eigenvalue weighted by atomic mass is 10.0. The van der Waals surface area contributed by atoms with E-state index in [9.17, 15) is 14.7 Å². The third-order valence-corrected chi connectivity index (χ3v) is 2.78. The number of carbonyl (C=O) groups is 2. The summed E-state index contributed by atoms with van der Waals surface area (Å²) >= 11 is 0. The van der Waals surface area contributed by atoms with Gasteiger partial charge < -0.3 is 15.5 Å². The molecule has 0 atom stereocenters. The fraction of sp³-hybridized carbons (Fsp3) is 0.143. The molecule has 1 amide bonds. The van der Waals surface area contributed by atoms with Gasteiger partial charge in [0.2, 0.25) is 0 Å². The standard InChI is InChI=1S/C14H13NO4/c1-2-15-13(17)8-3-4-11-9(5-8)6-10(14(18)19)7-12(11)16/h3-7,16H,2H2,1H3,(H,15,17)(H,18,19). The van der Waals surface area contributed by atoms with Crippen LogP contribution in [0, 0.1) is 0 Å². The van der Waals surface area contributed by atoms with Crippen molar-refractivity contribution in [1.29, 1.82) is 0 Å². The minimum absolute atomic E-state index is 0.0157. The summed E-state index contributed by atoms with van der Waals surface area (Å²) in [5, 5.41) is 22.4. The van der Waals surface area contributed by atoms with Crippen molar-refractivity contribution in [3.63, 3.8) is 0 Å². The second-order valence-electron chi connectivity index (χ2n) is 4.10. The Hall–Kier alpha value is -2.56. The molecule has 2 rings (SSSR count). The van der Waals surface area contributed by atoms with Crippen LogP contribution in [0.1, 0.15) is 27.6 Å². The summed E-state index contributed by atoms with van der Waals surface area (Å²) in [6.07, 6.45) is 0. The zero-order valence-electron chi connectivity index (χ0n) is 10.3. The number of aromatic carboxylic acids is 1. The Morgan fingerprint density at radius 2 is 1.84 bits per heavy atom. The van der Waals surface area contributed by atoms with E-state index in [2.05, 4.69) is 5.32 Å². The molecule has 0 radical (unpaired) electrons. The van der Waals surface area contributed by atoms with Crippen LogP contribution in [0.5, 0.6) is 5.75 Å². The molecule has 0 bridgehead atoms. The Morgan fingerprint density at radius 3 is 2.47 bits per heavy atom. The molecule has 98 valence electrons. The van der Waals surface area contributed by atoms with Gasteiger partial charge in [-0.05, 0) is 42.6 Å². The number of phenols is 1. The van der Waals surface area contributed by atoms with Crippen LogP contribution >= 0.6 is 0 Å². The molecule has 5 heteroatoms. The van der Waals surface area contributed by atoms with Crippen LogP contribution in [0.2, 0.25) is 0 Å². The van der Waals surface area contributed by atoms with Gasteiger partial charge in [-0.2, -0.15) is 0 Å². The Bertz CT molecular complexity index is 664. The van der Waals surface area contributed by atoms with Gasteiger partial charge in [0.1, 0.15) is 5.75 Å². The normalized spacial score (nSPS) is 10.4. The average Bonchev–Trinajstić information content (AvgIpc) is 2.38. The SMILES string of the molecule is CCNC(=O)c1ccc2c(O)cc(C(=O)O)cc2c1. The highest BCUT2D eigenvalue weighted by atomic mass is 16.4. The molecular weight excluding hydrogens is 246 g/mol. The van der Waals surface area contributed by atoms with Gasteiger partial charge in [-0.25, -0.2) is 4.79 Å². The van der Waals surface area contributed by atoms with E-state index in [1.807, 2.05) is 6.92 Å². The van der Waals surface area contributed by atoms with Crippen LogP contribution in [0.15, 0.2) is 30.3 Å². The van der Waals surface area contributed by atoms with E-state index in [-0.39, 0.29) is 17.2 Å². The number of hydrogen-bond acceptors (Lipinski definition) is 3. The van der Waals surface area contributed by atoms with E-state index in [1.54, 1.807) is 18.2 Å². The third-order valence-electron chi connectivity index (χ3n) is 2.78. The van der Waals surface area contributed by atoms with E-state index in [1.165, 1.54) is 12.1 Å². The highest BCUT2D eigenvalue weighted by molar-refractivity contribution is 6.02. The van der Waals surface area contributed by atoms with Gasteiger partial charge in [0, 0.05) is 17.5 Å². The molecule has 19 heavy (non-hydrogen) atoms. The van der Waals surface area contributed by atoms with E-state index < -0.39 is 5.97 Å². The number of hydrogen-bond donors (Lipinski definition) is 3. The number of aromatic hydroxyl groups is 1. The van der Waals surface area contributed by atoms with Crippen LogP contribution in [0.4, 0.5) is 0 Å². The molecule has 0 aliphatic carbocycles. The quantitative estimate of drug-likeness (QED) is 0.786. The minimum atomic E-state index is -1.12. The van der Waals surface area contributed by atoms with Crippen molar-refractivity contribution in [2.45, 2.75) is 6.92 Å². The number of carboxylic acid groups (broad SMARTS) is 1. The molecule has 3 N–H and O–H groups in total. The van der Waals surface area contributed by atoms with Crippen LogP contribution in [-0.4, -0.2) is 28.6 Å². The number of phenolic OH excluding ortho intramolecular Hbond substituents is 1. The third kappa shape index (κ3) is 2.49. The predicted molar refractivity (Wildman–Crippen MR) is 70.6 cm³/mol. The second-order valence-corrected chi connectivity index (χ2v) is 4.10. The van der Waals surface area contributed by atoms with Crippen molar-refractivity contribution in [2.24, 2.45) is 0 Å². The Labute approximate surface area is 109 Å². The van der Waals surface area contributed by atoms with E-state index in [0.717, 1.165) is 0 Å². The maximum atomic E-state index is 11.7. The zero-order valence-corrected chi connectivity index (χ0v) is 10.3. The summed E-state index contributed by atoms with van der Waals surface area (Å²) in [6.45, 7) is 2.32. The fourth-order valence-corrected chi connectivity index (χ4v) is 1.88. The lowest BCUT2D eigenvalue weighted by molar-refractivity contribution is 0.0696. The first-order valence-corrected chi connectivity index (χ1v) is 5.81. The van der Waals surface area contributed by atoms with Crippen molar-refractivity contribution >= 4 is 22.6 Å². The maximum Gasteiger partial charge on any atom is 0.335 e. The molecule has 2 aromatic carbocycles. The number of amides is 1. The second kappa shape index (κ2) is 4.97. The molecule has 0 fully saturated rings. The summed E-state index contributed by atoms with van der Waals surface area (Å²) in [5.41, 5.74) is 0.411. The summed E-state index contributed by atoms with van der Waals surface area (Å²) in [5.74, 6) is -1.47. The molecule has 0 aliphatic heterocycles. The number of benzene rings is 2. The molecule has 0 saturated heterocycles. The largest absolute Gasteiger partial charge is 0.507 e. The predicted octanol–water partition coefficient (Wildman–Crippen LogP) is 1.99. The van der Waals surface area contributed by atoms with Gasteiger partial charge in [-0.3, -0.25) is 4.79 Å². The summed E-state index contributed by atoms with van der Waals surface area (Å²) in [7, 11) is 0. The highest BCUT2D eigenvalue weighted by Gasteiger charge is 2.11. The molecule has 0 saturated carbocycles. The molecular formula is C14H13NO4.